The number of hydrogen-bond donors (Lipinski definition) is 0. The summed E-state index contributed by atoms with van der Waals surface area (Å²) in [5.74, 6) is 0. The van der Waals surface area contributed by atoms with Gasteiger partial charge in [0.2, 0.25) is 0 Å². The van der Waals surface area contributed by atoms with Crippen LogP contribution >= 0.6 is 0 Å². The van der Waals surface area contributed by atoms with Crippen LogP contribution in [0.2, 0.25) is 0 Å². The van der Waals surface area contributed by atoms with Crippen molar-refractivity contribution in [3.8, 4) is 0 Å². The first-order valence-corrected chi connectivity index (χ1v) is 9.03. The molecule has 29 heavy (non-hydrogen) atoms. The molecule has 0 N–H and O–H groups in total. The van der Waals surface area contributed by atoms with E-state index in [0.717, 1.165) is 44.4 Å². The van der Waals surface area contributed by atoms with Crippen LogP contribution in [-0.2, 0) is 7.05 Å². The first-order chi connectivity index (χ1) is 14.1. The average Bonchev–Trinajstić information content (AvgIpc) is 3.02. The Balaban J connectivity index is 1.59. The number of hydrogen-bond acceptors (Lipinski definition) is 5. The third kappa shape index (κ3) is 2.89. The van der Waals surface area contributed by atoms with E-state index >= 15 is 0 Å². The van der Waals surface area contributed by atoms with Gasteiger partial charge in [-0.1, -0.05) is 12.1 Å². The van der Waals surface area contributed by atoms with Crippen molar-refractivity contribution in [3.63, 3.8) is 0 Å². The Kier molecular flexibility index (Phi) is 3.80. The second-order valence-electron chi connectivity index (χ2n) is 6.75. The molecule has 0 bridgehead atoms. The molecule has 0 aliphatic heterocycles. The van der Waals surface area contributed by atoms with Crippen LogP contribution < -0.4 is 0 Å². The molecule has 0 aliphatic rings. The van der Waals surface area contributed by atoms with Gasteiger partial charge in [-0.15, -0.1) is 0 Å². The number of non-ortho nitro benzene ring substituents is 1. The second-order valence-corrected chi connectivity index (χ2v) is 6.75. The molecule has 7 nitrogen and oxygen atoms in total. The number of rotatable bonds is 3. The van der Waals surface area contributed by atoms with Crippen molar-refractivity contribution in [1.82, 2.24) is 14.5 Å². The van der Waals surface area contributed by atoms with Crippen molar-refractivity contribution >= 4 is 50.7 Å². The second kappa shape index (κ2) is 6.49. The molecule has 0 atom stereocenters. The number of nitrogens with zero attached hydrogens (tertiary/aromatic N) is 5. The maximum atomic E-state index is 10.8. The van der Waals surface area contributed by atoms with Gasteiger partial charge in [0.25, 0.3) is 5.69 Å². The molecule has 5 rings (SSSR count). The molecule has 0 saturated heterocycles. The van der Waals surface area contributed by atoms with E-state index in [-0.39, 0.29) is 5.69 Å². The fourth-order valence-corrected chi connectivity index (χ4v) is 3.44. The third-order valence-corrected chi connectivity index (χ3v) is 4.93. The van der Waals surface area contributed by atoms with E-state index in [4.69, 9.17) is 9.97 Å². The highest BCUT2D eigenvalue weighted by molar-refractivity contribution is 6.07. The molecule has 3 aromatic carbocycles. The average molecular weight is 381 g/mol. The Morgan fingerprint density at radius 1 is 1.00 bits per heavy atom. The van der Waals surface area contributed by atoms with E-state index in [1.54, 1.807) is 18.3 Å². The molecule has 140 valence electrons. The molecule has 5 aromatic rings. The van der Waals surface area contributed by atoms with Crippen LogP contribution in [0.1, 0.15) is 5.56 Å². The summed E-state index contributed by atoms with van der Waals surface area (Å²) in [6.07, 6.45) is 1.69. The molecule has 0 amide bonds. The summed E-state index contributed by atoms with van der Waals surface area (Å²) in [5.41, 5.74) is 6.05. The summed E-state index contributed by atoms with van der Waals surface area (Å²) in [6, 6.07) is 20.0. The van der Waals surface area contributed by atoms with E-state index < -0.39 is 4.92 Å². The predicted molar refractivity (Wildman–Crippen MR) is 114 cm³/mol. The molecule has 0 unspecified atom stereocenters. The Labute approximate surface area is 165 Å². The molecule has 0 aliphatic carbocycles. The monoisotopic (exact) mass is 381 g/mol. The highest BCUT2D eigenvalue weighted by atomic mass is 16.6. The maximum absolute atomic E-state index is 10.8. The number of fused-ring (bicyclic) bond motifs is 4. The topological polar surface area (TPSA) is 86.2 Å². The smallest absolute Gasteiger partial charge is 0.269 e. The van der Waals surface area contributed by atoms with Crippen LogP contribution in [0.4, 0.5) is 11.4 Å². The lowest BCUT2D eigenvalue weighted by Crippen LogP contribution is -1.91. The predicted octanol–water partition coefficient (Wildman–Crippen LogP) is 4.93. The number of nitro benzene ring substituents is 1. The number of nitro groups is 1. The van der Waals surface area contributed by atoms with E-state index in [2.05, 4.69) is 4.99 Å². The van der Waals surface area contributed by atoms with Crippen molar-refractivity contribution in [1.29, 1.82) is 0 Å². The summed E-state index contributed by atoms with van der Waals surface area (Å²) >= 11 is 0. The molecule has 2 aromatic heterocycles. The Morgan fingerprint density at radius 2 is 1.72 bits per heavy atom. The SMILES string of the molecule is Cn1c2ccc(N=Cc3ccc([N+](=O)[O-])cc3)cc2c2nc3ccccc3nc21. The normalized spacial score (nSPS) is 11.8. The third-order valence-electron chi connectivity index (χ3n) is 4.93. The fourth-order valence-electron chi connectivity index (χ4n) is 3.44. The quantitative estimate of drug-likeness (QED) is 0.252. The van der Waals surface area contributed by atoms with E-state index in [1.165, 1.54) is 12.1 Å². The van der Waals surface area contributed by atoms with Crippen molar-refractivity contribution < 1.29 is 4.92 Å². The molecule has 0 radical (unpaired) electrons. The van der Waals surface area contributed by atoms with Crippen molar-refractivity contribution in [3.05, 3.63) is 82.4 Å². The number of aryl methyl sites for hydroxylation is 1. The van der Waals surface area contributed by atoms with Crippen molar-refractivity contribution in [2.75, 3.05) is 0 Å². The van der Waals surface area contributed by atoms with Gasteiger partial charge in [-0.3, -0.25) is 15.1 Å². The number of aliphatic imine (C=N–C) groups is 1. The minimum atomic E-state index is -0.417. The van der Waals surface area contributed by atoms with Crippen molar-refractivity contribution in [2.24, 2.45) is 12.0 Å². The largest absolute Gasteiger partial charge is 0.327 e. The van der Waals surface area contributed by atoms with Crippen LogP contribution in [0.15, 0.2) is 71.7 Å². The minimum absolute atomic E-state index is 0.0603. The first kappa shape index (κ1) is 17.0. The van der Waals surface area contributed by atoms with Gasteiger partial charge in [-0.25, -0.2) is 9.97 Å². The zero-order valence-electron chi connectivity index (χ0n) is 15.5. The van der Waals surface area contributed by atoms with E-state index in [9.17, 15) is 10.1 Å². The molecule has 7 heteroatoms. The van der Waals surface area contributed by atoms with E-state index in [1.807, 2.05) is 54.1 Å². The summed E-state index contributed by atoms with van der Waals surface area (Å²) in [4.78, 5) is 24.5. The van der Waals surface area contributed by atoms with Crippen LogP contribution in [0.5, 0.6) is 0 Å². The summed E-state index contributed by atoms with van der Waals surface area (Å²) in [5, 5.41) is 11.8. The van der Waals surface area contributed by atoms with Gasteiger partial charge in [0.1, 0.15) is 5.52 Å². The summed E-state index contributed by atoms with van der Waals surface area (Å²) in [6.45, 7) is 0. The van der Waals surface area contributed by atoms with Gasteiger partial charge in [0.15, 0.2) is 5.65 Å². The standard InChI is InChI=1S/C22H15N5O2/c1-26-20-11-8-15(23-13-14-6-9-16(10-7-14)27(28)29)12-17(20)21-22(26)25-19-5-3-2-4-18(19)24-21/h2-13H,1H3. The van der Waals surface area contributed by atoms with E-state index in [0.29, 0.717) is 0 Å². The lowest BCUT2D eigenvalue weighted by Gasteiger charge is -1.98. The molecular formula is C22H15N5O2. The van der Waals surface area contributed by atoms with Gasteiger partial charge < -0.3 is 4.57 Å². The van der Waals surface area contributed by atoms with Gasteiger partial charge in [-0.2, -0.15) is 0 Å². The minimum Gasteiger partial charge on any atom is -0.327 e. The van der Waals surface area contributed by atoms with Crippen LogP contribution in [0.3, 0.4) is 0 Å². The molecule has 0 saturated carbocycles. The highest BCUT2D eigenvalue weighted by Gasteiger charge is 2.12. The number of benzene rings is 3. The number of aromatic nitrogens is 3. The summed E-state index contributed by atoms with van der Waals surface area (Å²) < 4.78 is 2.04. The number of para-hydroxylation sites is 2. The highest BCUT2D eigenvalue weighted by Crippen LogP contribution is 2.30. The lowest BCUT2D eigenvalue weighted by atomic mass is 10.2. The maximum Gasteiger partial charge on any atom is 0.269 e. The van der Waals surface area contributed by atoms with Gasteiger partial charge in [-0.05, 0) is 48.0 Å². The first-order valence-electron chi connectivity index (χ1n) is 9.03. The zero-order chi connectivity index (χ0) is 20.0. The Bertz CT molecular complexity index is 1440. The fraction of sp³-hybridized carbons (Fsp3) is 0.0455. The molecule has 2 heterocycles. The molecule has 0 fully saturated rings. The van der Waals surface area contributed by atoms with Gasteiger partial charge >= 0.3 is 0 Å². The Hall–Kier alpha value is -4.13. The Morgan fingerprint density at radius 3 is 2.45 bits per heavy atom. The summed E-state index contributed by atoms with van der Waals surface area (Å²) in [7, 11) is 1.98. The molecule has 0 spiro atoms. The van der Waals surface area contributed by atoms with Crippen LogP contribution in [0.25, 0.3) is 33.1 Å². The van der Waals surface area contributed by atoms with Crippen molar-refractivity contribution in [2.45, 2.75) is 0 Å². The zero-order valence-corrected chi connectivity index (χ0v) is 15.5. The van der Waals surface area contributed by atoms with Crippen LogP contribution in [-0.4, -0.2) is 25.7 Å². The van der Waals surface area contributed by atoms with Crippen LogP contribution in [0, 0.1) is 10.1 Å². The van der Waals surface area contributed by atoms with Gasteiger partial charge in [0.05, 0.1) is 27.2 Å². The van der Waals surface area contributed by atoms with Gasteiger partial charge in [0, 0.05) is 30.8 Å². The lowest BCUT2D eigenvalue weighted by molar-refractivity contribution is -0.384. The molecular weight excluding hydrogens is 366 g/mol.